The van der Waals surface area contributed by atoms with Gasteiger partial charge in [0.15, 0.2) is 0 Å². The Balaban J connectivity index is 2.17. The fraction of sp³-hybridized carbons (Fsp3) is 1.00. The van der Waals surface area contributed by atoms with E-state index in [9.17, 15) is 0 Å². The van der Waals surface area contributed by atoms with Crippen molar-refractivity contribution in [2.24, 2.45) is 17.8 Å². The van der Waals surface area contributed by atoms with Gasteiger partial charge in [-0.1, -0.05) is 26.7 Å². The fourth-order valence-electron chi connectivity index (χ4n) is 1.34. The first kappa shape index (κ1) is 8.06. The number of aliphatic hydroxyl groups is 1. The molecule has 0 bridgehead atoms. The third-order valence-electron chi connectivity index (χ3n) is 2.51. The fourth-order valence-corrected chi connectivity index (χ4v) is 1.34. The van der Waals surface area contributed by atoms with Crippen molar-refractivity contribution in [3.8, 4) is 0 Å². The summed E-state index contributed by atoms with van der Waals surface area (Å²) < 4.78 is 0. The van der Waals surface area contributed by atoms with Crippen LogP contribution in [0.2, 0.25) is 0 Å². The van der Waals surface area contributed by atoms with Crippen LogP contribution < -0.4 is 0 Å². The molecular formula is C9H18O. The number of aliphatic hydroxyl groups excluding tert-OH is 1. The van der Waals surface area contributed by atoms with Crippen molar-refractivity contribution >= 4 is 0 Å². The molecule has 60 valence electrons. The van der Waals surface area contributed by atoms with Crippen LogP contribution in [0.4, 0.5) is 0 Å². The highest BCUT2D eigenvalue weighted by atomic mass is 16.3. The molecule has 0 saturated heterocycles. The van der Waals surface area contributed by atoms with Gasteiger partial charge in [0.1, 0.15) is 0 Å². The van der Waals surface area contributed by atoms with Crippen molar-refractivity contribution in [1.29, 1.82) is 0 Å². The van der Waals surface area contributed by atoms with Gasteiger partial charge in [0.2, 0.25) is 0 Å². The molecular weight excluding hydrogens is 124 g/mol. The number of hydrogen-bond donors (Lipinski definition) is 1. The van der Waals surface area contributed by atoms with E-state index in [0.29, 0.717) is 18.4 Å². The summed E-state index contributed by atoms with van der Waals surface area (Å²) in [5, 5.41) is 8.97. The molecule has 0 aliphatic heterocycles. The molecule has 1 unspecified atom stereocenters. The summed E-state index contributed by atoms with van der Waals surface area (Å²) in [6.45, 7) is 4.78. The molecule has 1 saturated carbocycles. The minimum absolute atomic E-state index is 0.383. The van der Waals surface area contributed by atoms with Crippen LogP contribution in [0.1, 0.15) is 33.1 Å². The van der Waals surface area contributed by atoms with Crippen LogP contribution in [0.3, 0.4) is 0 Å². The summed E-state index contributed by atoms with van der Waals surface area (Å²) in [5.74, 6) is 2.18. The summed E-state index contributed by atoms with van der Waals surface area (Å²) in [4.78, 5) is 0. The zero-order valence-electron chi connectivity index (χ0n) is 7.01. The average molecular weight is 142 g/mol. The van der Waals surface area contributed by atoms with Crippen LogP contribution in [0.5, 0.6) is 0 Å². The number of hydrogen-bond acceptors (Lipinski definition) is 1. The van der Waals surface area contributed by atoms with E-state index in [1.807, 2.05) is 0 Å². The Bertz CT molecular complexity index is 94.9. The lowest BCUT2D eigenvalue weighted by atomic mass is 9.91. The molecule has 0 heterocycles. The molecule has 0 aromatic carbocycles. The monoisotopic (exact) mass is 142 g/mol. The SMILES string of the molecule is CC(C)C(CO)CC1CC1. The second-order valence-electron chi connectivity index (χ2n) is 3.87. The van der Waals surface area contributed by atoms with E-state index in [4.69, 9.17) is 5.11 Å². The van der Waals surface area contributed by atoms with E-state index in [1.165, 1.54) is 19.3 Å². The molecule has 0 aromatic heterocycles. The maximum atomic E-state index is 8.97. The van der Waals surface area contributed by atoms with Gasteiger partial charge in [0.25, 0.3) is 0 Å². The zero-order chi connectivity index (χ0) is 7.56. The van der Waals surface area contributed by atoms with E-state index >= 15 is 0 Å². The van der Waals surface area contributed by atoms with Crippen LogP contribution in [-0.4, -0.2) is 11.7 Å². The highest BCUT2D eigenvalue weighted by Crippen LogP contribution is 2.36. The maximum Gasteiger partial charge on any atom is 0.0461 e. The molecule has 0 radical (unpaired) electrons. The summed E-state index contributed by atoms with van der Waals surface area (Å²) in [6.07, 6.45) is 4.07. The Morgan fingerprint density at radius 3 is 2.30 bits per heavy atom. The Hall–Kier alpha value is -0.0400. The van der Waals surface area contributed by atoms with Crippen LogP contribution in [0.25, 0.3) is 0 Å². The summed E-state index contributed by atoms with van der Waals surface area (Å²) in [6, 6.07) is 0. The quantitative estimate of drug-likeness (QED) is 0.637. The zero-order valence-corrected chi connectivity index (χ0v) is 7.01. The van der Waals surface area contributed by atoms with E-state index in [0.717, 1.165) is 5.92 Å². The Labute approximate surface area is 63.4 Å². The van der Waals surface area contributed by atoms with Gasteiger partial charge in [0, 0.05) is 6.61 Å². The molecule has 1 atom stereocenters. The van der Waals surface area contributed by atoms with Crippen molar-refractivity contribution in [1.82, 2.24) is 0 Å². The molecule has 1 aliphatic rings. The first-order valence-corrected chi connectivity index (χ1v) is 4.35. The van der Waals surface area contributed by atoms with E-state index < -0.39 is 0 Å². The van der Waals surface area contributed by atoms with Gasteiger partial charge in [-0.05, 0) is 24.2 Å². The molecule has 0 spiro atoms. The van der Waals surface area contributed by atoms with Crippen LogP contribution in [0.15, 0.2) is 0 Å². The first-order chi connectivity index (χ1) is 4.74. The van der Waals surface area contributed by atoms with Gasteiger partial charge >= 0.3 is 0 Å². The third-order valence-corrected chi connectivity index (χ3v) is 2.51. The second-order valence-corrected chi connectivity index (χ2v) is 3.87. The molecule has 1 nitrogen and oxygen atoms in total. The lowest BCUT2D eigenvalue weighted by molar-refractivity contribution is 0.176. The van der Waals surface area contributed by atoms with Crippen LogP contribution in [0, 0.1) is 17.8 Å². The average Bonchev–Trinajstić information content (AvgIpc) is 2.64. The van der Waals surface area contributed by atoms with Gasteiger partial charge in [0.05, 0.1) is 0 Å². The minimum Gasteiger partial charge on any atom is -0.396 e. The smallest absolute Gasteiger partial charge is 0.0461 e. The first-order valence-electron chi connectivity index (χ1n) is 4.35. The predicted molar refractivity (Wildman–Crippen MR) is 42.8 cm³/mol. The molecule has 1 fully saturated rings. The van der Waals surface area contributed by atoms with Crippen LogP contribution in [-0.2, 0) is 0 Å². The third kappa shape index (κ3) is 2.30. The molecule has 10 heavy (non-hydrogen) atoms. The van der Waals surface area contributed by atoms with Crippen molar-refractivity contribution < 1.29 is 5.11 Å². The van der Waals surface area contributed by atoms with Crippen molar-refractivity contribution in [2.45, 2.75) is 33.1 Å². The van der Waals surface area contributed by atoms with Crippen molar-refractivity contribution in [3.63, 3.8) is 0 Å². The largest absolute Gasteiger partial charge is 0.396 e. The minimum atomic E-state index is 0.383. The molecule has 0 aromatic rings. The normalized spacial score (nSPS) is 21.6. The standard InChI is InChI=1S/C9H18O/c1-7(2)9(6-10)5-8-3-4-8/h7-10H,3-6H2,1-2H3. The van der Waals surface area contributed by atoms with E-state index in [-0.39, 0.29) is 0 Å². The Kier molecular flexibility index (Phi) is 2.72. The van der Waals surface area contributed by atoms with Crippen molar-refractivity contribution in [2.75, 3.05) is 6.61 Å². The molecule has 1 aliphatic carbocycles. The highest BCUT2D eigenvalue weighted by Gasteiger charge is 2.26. The predicted octanol–water partition coefficient (Wildman–Crippen LogP) is 2.05. The molecule has 1 rings (SSSR count). The summed E-state index contributed by atoms with van der Waals surface area (Å²) >= 11 is 0. The van der Waals surface area contributed by atoms with Gasteiger partial charge in [-0.15, -0.1) is 0 Å². The highest BCUT2D eigenvalue weighted by molar-refractivity contribution is 4.77. The molecule has 1 heteroatoms. The molecule has 0 amide bonds. The lowest BCUT2D eigenvalue weighted by Gasteiger charge is -2.16. The van der Waals surface area contributed by atoms with E-state index in [2.05, 4.69) is 13.8 Å². The van der Waals surface area contributed by atoms with Gasteiger partial charge in [-0.2, -0.15) is 0 Å². The van der Waals surface area contributed by atoms with Crippen LogP contribution >= 0.6 is 0 Å². The number of rotatable bonds is 4. The van der Waals surface area contributed by atoms with E-state index in [1.54, 1.807) is 0 Å². The summed E-state index contributed by atoms with van der Waals surface area (Å²) in [7, 11) is 0. The topological polar surface area (TPSA) is 20.2 Å². The lowest BCUT2D eigenvalue weighted by Crippen LogP contribution is -2.13. The Morgan fingerprint density at radius 1 is 1.40 bits per heavy atom. The maximum absolute atomic E-state index is 8.97. The summed E-state index contributed by atoms with van der Waals surface area (Å²) in [5.41, 5.74) is 0. The van der Waals surface area contributed by atoms with Crippen molar-refractivity contribution in [3.05, 3.63) is 0 Å². The Morgan fingerprint density at radius 2 is 2.00 bits per heavy atom. The second kappa shape index (κ2) is 3.38. The van der Waals surface area contributed by atoms with Gasteiger partial charge in [-0.25, -0.2) is 0 Å². The van der Waals surface area contributed by atoms with Gasteiger partial charge in [-0.3, -0.25) is 0 Å². The van der Waals surface area contributed by atoms with Gasteiger partial charge < -0.3 is 5.11 Å². The molecule has 1 N–H and O–H groups in total.